The van der Waals surface area contributed by atoms with Crippen molar-refractivity contribution in [3.63, 3.8) is 0 Å². The summed E-state index contributed by atoms with van der Waals surface area (Å²) >= 11 is 0. The first kappa shape index (κ1) is 9.26. The summed E-state index contributed by atoms with van der Waals surface area (Å²) in [6.07, 6.45) is 1.24. The molecule has 0 unspecified atom stereocenters. The smallest absolute Gasteiger partial charge is 0.190 e. The highest BCUT2D eigenvalue weighted by molar-refractivity contribution is 5.97. The lowest BCUT2D eigenvalue weighted by molar-refractivity contribution is -0.160. The number of ketones is 1. The predicted molar refractivity (Wildman–Crippen MR) is 45.0 cm³/mol. The van der Waals surface area contributed by atoms with Crippen LogP contribution in [0.25, 0.3) is 0 Å². The minimum absolute atomic E-state index is 0.00757. The van der Waals surface area contributed by atoms with Gasteiger partial charge in [-0.3, -0.25) is 4.79 Å². The lowest BCUT2D eigenvalue weighted by Crippen LogP contribution is -2.47. The Balaban J connectivity index is 3.08. The molecule has 1 heterocycles. The molecular weight excluding hydrogens is 156 g/mol. The van der Waals surface area contributed by atoms with Gasteiger partial charge in [0.25, 0.3) is 0 Å². The summed E-state index contributed by atoms with van der Waals surface area (Å²) in [5, 5.41) is 9.35. The topological polar surface area (TPSA) is 46.5 Å². The molecule has 0 bridgehead atoms. The highest BCUT2D eigenvalue weighted by Crippen LogP contribution is 2.31. The van der Waals surface area contributed by atoms with Gasteiger partial charge in [-0.15, -0.1) is 0 Å². The molecule has 0 aromatic heterocycles. The van der Waals surface area contributed by atoms with Gasteiger partial charge >= 0.3 is 0 Å². The number of aliphatic hydroxyl groups is 1. The van der Waals surface area contributed by atoms with E-state index in [1.807, 2.05) is 0 Å². The van der Waals surface area contributed by atoms with Crippen molar-refractivity contribution in [3.8, 4) is 0 Å². The number of aliphatic hydroxyl groups excluding tert-OH is 1. The molecule has 0 amide bonds. The summed E-state index contributed by atoms with van der Waals surface area (Å²) in [5.74, 6) is -0.203. The SMILES string of the molecule is CC1(C)OC(C)(C)C(O)=CC1=O. The molecule has 1 rings (SSSR count). The first-order valence-corrected chi connectivity index (χ1v) is 3.91. The minimum atomic E-state index is -0.824. The second-order valence-electron chi connectivity index (χ2n) is 4.02. The van der Waals surface area contributed by atoms with Gasteiger partial charge in [0, 0.05) is 6.08 Å². The summed E-state index contributed by atoms with van der Waals surface area (Å²) in [6, 6.07) is 0. The summed E-state index contributed by atoms with van der Waals surface area (Å²) in [7, 11) is 0. The van der Waals surface area contributed by atoms with Crippen LogP contribution in [0.1, 0.15) is 27.7 Å². The zero-order valence-electron chi connectivity index (χ0n) is 7.84. The van der Waals surface area contributed by atoms with E-state index in [2.05, 4.69) is 0 Å². The van der Waals surface area contributed by atoms with Crippen molar-refractivity contribution in [2.75, 3.05) is 0 Å². The average molecular weight is 170 g/mol. The Kier molecular flexibility index (Phi) is 1.80. The first-order valence-electron chi connectivity index (χ1n) is 3.91. The van der Waals surface area contributed by atoms with Crippen LogP contribution >= 0.6 is 0 Å². The highest BCUT2D eigenvalue weighted by Gasteiger charge is 2.41. The van der Waals surface area contributed by atoms with Crippen LogP contribution < -0.4 is 0 Å². The van der Waals surface area contributed by atoms with Crippen LogP contribution in [0.2, 0.25) is 0 Å². The van der Waals surface area contributed by atoms with Gasteiger partial charge in [-0.25, -0.2) is 0 Å². The molecule has 68 valence electrons. The fraction of sp³-hybridized carbons (Fsp3) is 0.667. The Morgan fingerprint density at radius 1 is 1.25 bits per heavy atom. The molecule has 0 saturated carbocycles. The zero-order chi connectivity index (χ0) is 9.57. The quantitative estimate of drug-likeness (QED) is 0.600. The molecular formula is C9H14O3. The van der Waals surface area contributed by atoms with Crippen molar-refractivity contribution in [2.45, 2.75) is 38.9 Å². The van der Waals surface area contributed by atoms with Crippen LogP contribution in [0.3, 0.4) is 0 Å². The van der Waals surface area contributed by atoms with Crippen LogP contribution in [0.15, 0.2) is 11.8 Å². The number of hydrogen-bond acceptors (Lipinski definition) is 3. The number of carbonyl (C=O) groups excluding carboxylic acids is 1. The Morgan fingerprint density at radius 2 is 1.75 bits per heavy atom. The van der Waals surface area contributed by atoms with Crippen LogP contribution in [-0.4, -0.2) is 22.1 Å². The van der Waals surface area contributed by atoms with Gasteiger partial charge in [-0.05, 0) is 27.7 Å². The first-order chi connectivity index (χ1) is 5.26. The second-order valence-corrected chi connectivity index (χ2v) is 4.02. The highest BCUT2D eigenvalue weighted by atomic mass is 16.5. The summed E-state index contributed by atoms with van der Waals surface area (Å²) in [6.45, 7) is 6.85. The summed E-state index contributed by atoms with van der Waals surface area (Å²) < 4.78 is 5.42. The van der Waals surface area contributed by atoms with E-state index in [0.717, 1.165) is 0 Å². The van der Waals surface area contributed by atoms with Crippen molar-refractivity contribution in [3.05, 3.63) is 11.8 Å². The molecule has 0 aromatic carbocycles. The second kappa shape index (κ2) is 2.33. The van der Waals surface area contributed by atoms with Crippen molar-refractivity contribution >= 4 is 5.78 Å². The molecule has 0 atom stereocenters. The van der Waals surface area contributed by atoms with Crippen molar-refractivity contribution in [2.24, 2.45) is 0 Å². The summed E-state index contributed by atoms with van der Waals surface area (Å²) in [4.78, 5) is 11.3. The fourth-order valence-electron chi connectivity index (χ4n) is 1.21. The largest absolute Gasteiger partial charge is 0.509 e. The van der Waals surface area contributed by atoms with E-state index in [1.165, 1.54) is 6.08 Å². The van der Waals surface area contributed by atoms with Gasteiger partial charge < -0.3 is 9.84 Å². The molecule has 1 N–H and O–H groups in total. The van der Waals surface area contributed by atoms with Crippen LogP contribution in [0.4, 0.5) is 0 Å². The maximum Gasteiger partial charge on any atom is 0.190 e. The lowest BCUT2D eigenvalue weighted by atomic mass is 9.93. The average Bonchev–Trinajstić information content (AvgIpc) is 1.82. The normalized spacial score (nSPS) is 26.7. The summed E-state index contributed by atoms with van der Waals surface area (Å²) in [5.41, 5.74) is -1.58. The molecule has 1 aliphatic rings. The number of ether oxygens (including phenoxy) is 1. The molecule has 0 aliphatic carbocycles. The zero-order valence-corrected chi connectivity index (χ0v) is 7.84. The van der Waals surface area contributed by atoms with E-state index in [4.69, 9.17) is 4.74 Å². The van der Waals surface area contributed by atoms with Crippen LogP contribution in [-0.2, 0) is 9.53 Å². The van der Waals surface area contributed by atoms with Gasteiger partial charge in [0.2, 0.25) is 0 Å². The van der Waals surface area contributed by atoms with E-state index >= 15 is 0 Å². The third-order valence-corrected chi connectivity index (χ3v) is 1.99. The molecule has 0 spiro atoms. The van der Waals surface area contributed by atoms with Gasteiger partial charge in [-0.1, -0.05) is 0 Å². The molecule has 3 nitrogen and oxygen atoms in total. The van der Waals surface area contributed by atoms with Gasteiger partial charge in [0.15, 0.2) is 5.78 Å². The minimum Gasteiger partial charge on any atom is -0.509 e. The molecule has 0 aromatic rings. The standard InChI is InChI=1S/C9H14O3/c1-8(2)6(10)5-7(11)9(3,4)12-8/h5,10H,1-4H3. The molecule has 3 heteroatoms. The van der Waals surface area contributed by atoms with E-state index in [9.17, 15) is 9.90 Å². The van der Waals surface area contributed by atoms with Crippen molar-refractivity contribution < 1.29 is 14.6 Å². The van der Waals surface area contributed by atoms with Crippen LogP contribution in [0, 0.1) is 0 Å². The van der Waals surface area contributed by atoms with Gasteiger partial charge in [0.05, 0.1) is 0 Å². The lowest BCUT2D eigenvalue weighted by Gasteiger charge is -2.37. The van der Waals surface area contributed by atoms with Gasteiger partial charge in [-0.2, -0.15) is 0 Å². The third-order valence-electron chi connectivity index (χ3n) is 1.99. The Bertz CT molecular complexity index is 248. The number of hydrogen-bond donors (Lipinski definition) is 1. The fourth-order valence-corrected chi connectivity index (χ4v) is 1.21. The predicted octanol–water partition coefficient (Wildman–Crippen LogP) is 1.58. The van der Waals surface area contributed by atoms with E-state index < -0.39 is 11.2 Å². The Labute approximate surface area is 72.0 Å². The molecule has 1 aliphatic heterocycles. The maximum absolute atomic E-state index is 11.3. The molecule has 0 saturated heterocycles. The van der Waals surface area contributed by atoms with Crippen molar-refractivity contribution in [1.82, 2.24) is 0 Å². The Morgan fingerprint density at radius 3 is 2.17 bits per heavy atom. The number of carbonyl (C=O) groups is 1. The Hall–Kier alpha value is -0.830. The van der Waals surface area contributed by atoms with Gasteiger partial charge in [0.1, 0.15) is 17.0 Å². The molecule has 0 fully saturated rings. The van der Waals surface area contributed by atoms with Crippen molar-refractivity contribution in [1.29, 1.82) is 0 Å². The third kappa shape index (κ3) is 1.37. The number of rotatable bonds is 0. The van der Waals surface area contributed by atoms with E-state index in [1.54, 1.807) is 27.7 Å². The van der Waals surface area contributed by atoms with E-state index in [-0.39, 0.29) is 11.5 Å². The molecule has 12 heavy (non-hydrogen) atoms. The van der Waals surface area contributed by atoms with E-state index in [0.29, 0.717) is 0 Å². The molecule has 0 radical (unpaired) electrons. The van der Waals surface area contributed by atoms with Crippen LogP contribution in [0.5, 0.6) is 0 Å². The monoisotopic (exact) mass is 170 g/mol. The maximum atomic E-state index is 11.3.